The minimum absolute atomic E-state index is 0.112. The standard InChI is InChI=1S/C43H50F4N8O7/c1-24-20-32(55(23-24)39(57)35(54-41(59)60-5)27-14-18-61-19-15-27)37-51-22-31(53-37)26-8-6-25(7-9-26)29-11-12-30(34(44)36(29)62-43(45,46)47)38(56)52-28-10-13-33(50-21-28)48-16-17-49-40(58)42(2,3)4/h6-13,21-22,24,27,32,35H,14-20,23H2,1-5H3,(H,48,50)(H,49,58)(H,51,53)(H,52,56)(H,54,59)/t24-,32-,35-/m0/s1. The summed E-state index contributed by atoms with van der Waals surface area (Å²) in [5.41, 5.74) is -0.00986. The van der Waals surface area contributed by atoms with Crippen LogP contribution in [0.3, 0.4) is 0 Å². The maximum atomic E-state index is 15.9. The number of rotatable bonds is 13. The Morgan fingerprint density at radius 3 is 2.31 bits per heavy atom. The number of benzene rings is 2. The number of likely N-dealkylation sites (tertiary alicyclic amines) is 1. The van der Waals surface area contributed by atoms with Crippen molar-refractivity contribution >= 4 is 35.3 Å². The van der Waals surface area contributed by atoms with E-state index in [0.717, 1.165) is 6.07 Å². The van der Waals surface area contributed by atoms with Crippen molar-refractivity contribution in [2.45, 2.75) is 65.4 Å². The third kappa shape index (κ3) is 11.2. The van der Waals surface area contributed by atoms with E-state index in [4.69, 9.17) is 9.47 Å². The largest absolute Gasteiger partial charge is 0.573 e. The molecule has 62 heavy (non-hydrogen) atoms. The number of H-pyrrole nitrogens is 1. The highest BCUT2D eigenvalue weighted by molar-refractivity contribution is 6.05. The minimum Gasteiger partial charge on any atom is -0.453 e. The predicted molar refractivity (Wildman–Crippen MR) is 220 cm³/mol. The first kappa shape index (κ1) is 45.3. The number of ether oxygens (including phenoxy) is 3. The third-order valence-electron chi connectivity index (χ3n) is 10.7. The Morgan fingerprint density at radius 1 is 0.952 bits per heavy atom. The molecule has 6 rings (SSSR count). The number of methoxy groups -OCH3 is 1. The fraction of sp³-hybridized carbons (Fsp3) is 0.442. The number of halogens is 4. The molecule has 2 aromatic carbocycles. The first-order chi connectivity index (χ1) is 29.4. The molecule has 0 aliphatic carbocycles. The molecule has 332 valence electrons. The molecule has 0 bridgehead atoms. The van der Waals surface area contributed by atoms with Gasteiger partial charge in [-0.25, -0.2) is 19.2 Å². The van der Waals surface area contributed by atoms with Crippen molar-refractivity contribution < 1.29 is 51.0 Å². The summed E-state index contributed by atoms with van der Waals surface area (Å²) in [5.74, 6) is -3.16. The Labute approximate surface area is 355 Å². The number of nitrogens with one attached hydrogen (secondary N) is 5. The summed E-state index contributed by atoms with van der Waals surface area (Å²) in [5, 5.41) is 11.0. The van der Waals surface area contributed by atoms with Crippen molar-refractivity contribution in [3.8, 4) is 28.1 Å². The zero-order chi connectivity index (χ0) is 44.8. The average Bonchev–Trinajstić information content (AvgIpc) is 3.89. The van der Waals surface area contributed by atoms with E-state index in [-0.39, 0.29) is 40.5 Å². The quantitative estimate of drug-likeness (QED) is 0.0688. The normalized spacial score (nSPS) is 17.5. The Morgan fingerprint density at radius 2 is 1.66 bits per heavy atom. The molecule has 4 aromatic rings. The van der Waals surface area contributed by atoms with E-state index in [1.54, 1.807) is 44.0 Å². The van der Waals surface area contributed by atoms with E-state index in [1.807, 2.05) is 6.92 Å². The minimum atomic E-state index is -5.29. The van der Waals surface area contributed by atoms with Crippen LogP contribution in [0.4, 0.5) is 33.9 Å². The Balaban J connectivity index is 1.15. The second-order valence-corrected chi connectivity index (χ2v) is 16.3. The topological polar surface area (TPSA) is 189 Å². The van der Waals surface area contributed by atoms with Crippen LogP contribution in [0.2, 0.25) is 0 Å². The smallest absolute Gasteiger partial charge is 0.453 e. The van der Waals surface area contributed by atoms with Gasteiger partial charge in [-0.3, -0.25) is 14.4 Å². The number of alkyl carbamates (subject to hydrolysis) is 1. The SMILES string of the molecule is COC(=O)N[C@H](C(=O)N1C[C@@H](C)C[C@H]1c1ncc(-c2ccc(-c3ccc(C(=O)Nc4ccc(NCCNC(=O)C(C)(C)C)nc4)c(F)c3OC(F)(F)F)cc2)[nH]1)C1CCOCC1. The molecular formula is C43H50F4N8O7. The Hall–Kier alpha value is -6.24. The molecule has 2 aromatic heterocycles. The lowest BCUT2D eigenvalue weighted by molar-refractivity contribution is -0.275. The van der Waals surface area contributed by atoms with Gasteiger partial charge in [-0.2, -0.15) is 0 Å². The van der Waals surface area contributed by atoms with Crippen molar-refractivity contribution in [2.24, 2.45) is 17.3 Å². The highest BCUT2D eigenvalue weighted by Gasteiger charge is 2.42. The highest BCUT2D eigenvalue weighted by Crippen LogP contribution is 2.40. The second-order valence-electron chi connectivity index (χ2n) is 16.3. The van der Waals surface area contributed by atoms with Crippen LogP contribution in [-0.4, -0.2) is 96.0 Å². The summed E-state index contributed by atoms with van der Waals surface area (Å²) in [4.78, 5) is 65.3. The molecule has 3 atom stereocenters. The molecule has 0 spiro atoms. The van der Waals surface area contributed by atoms with Crippen molar-refractivity contribution in [1.82, 2.24) is 30.5 Å². The van der Waals surface area contributed by atoms with Crippen LogP contribution < -0.4 is 26.0 Å². The number of aromatic nitrogens is 3. The van der Waals surface area contributed by atoms with Gasteiger partial charge in [-0.1, -0.05) is 52.0 Å². The Bertz CT molecular complexity index is 2220. The predicted octanol–water partition coefficient (Wildman–Crippen LogP) is 7.06. The van der Waals surface area contributed by atoms with Crippen LogP contribution in [0.15, 0.2) is 60.9 Å². The number of amides is 4. The maximum Gasteiger partial charge on any atom is 0.573 e. The molecule has 4 amide bonds. The molecule has 15 nitrogen and oxygen atoms in total. The lowest BCUT2D eigenvalue weighted by Crippen LogP contribution is -2.53. The van der Waals surface area contributed by atoms with Gasteiger partial charge in [-0.15, -0.1) is 13.2 Å². The first-order valence-electron chi connectivity index (χ1n) is 20.2. The lowest BCUT2D eigenvalue weighted by Gasteiger charge is -2.34. The van der Waals surface area contributed by atoms with Crippen LogP contribution in [0, 0.1) is 23.1 Å². The number of aromatic amines is 1. The van der Waals surface area contributed by atoms with Gasteiger partial charge in [-0.05, 0) is 66.5 Å². The van der Waals surface area contributed by atoms with Gasteiger partial charge in [0.1, 0.15) is 17.7 Å². The van der Waals surface area contributed by atoms with E-state index in [9.17, 15) is 32.3 Å². The number of carbonyl (C=O) groups is 4. The molecule has 0 unspecified atom stereocenters. The van der Waals surface area contributed by atoms with Gasteiger partial charge in [0.25, 0.3) is 5.91 Å². The number of pyridine rings is 1. The van der Waals surface area contributed by atoms with Gasteiger partial charge < -0.3 is 45.4 Å². The van der Waals surface area contributed by atoms with E-state index >= 15 is 4.39 Å². The number of carbonyl (C=O) groups excluding carboxylic acids is 4. The fourth-order valence-electron chi connectivity index (χ4n) is 7.40. The van der Waals surface area contributed by atoms with Crippen LogP contribution in [0.1, 0.15) is 69.2 Å². The first-order valence-corrected chi connectivity index (χ1v) is 20.2. The zero-order valence-electron chi connectivity index (χ0n) is 35.0. The Kier molecular flexibility index (Phi) is 14.0. The summed E-state index contributed by atoms with van der Waals surface area (Å²) in [6.07, 6.45) is -1.31. The fourth-order valence-corrected chi connectivity index (χ4v) is 7.40. The number of nitrogens with zero attached hydrogens (tertiary/aromatic N) is 3. The second kappa shape index (κ2) is 19.2. The molecule has 2 aliphatic rings. The molecule has 5 N–H and O–H groups in total. The van der Waals surface area contributed by atoms with E-state index in [2.05, 4.69) is 41.0 Å². The average molecular weight is 867 g/mol. The lowest BCUT2D eigenvalue weighted by atomic mass is 9.90. The van der Waals surface area contributed by atoms with Crippen molar-refractivity contribution in [3.05, 3.63) is 78.1 Å². The van der Waals surface area contributed by atoms with Gasteiger partial charge in [0.05, 0.1) is 42.5 Å². The highest BCUT2D eigenvalue weighted by atomic mass is 19.4. The van der Waals surface area contributed by atoms with Gasteiger partial charge in [0, 0.05) is 43.8 Å². The monoisotopic (exact) mass is 866 g/mol. The van der Waals surface area contributed by atoms with Crippen LogP contribution >= 0.6 is 0 Å². The van der Waals surface area contributed by atoms with Crippen LogP contribution in [0.25, 0.3) is 22.4 Å². The number of alkyl halides is 3. The molecule has 0 saturated carbocycles. The zero-order valence-corrected chi connectivity index (χ0v) is 35.0. The van der Waals surface area contributed by atoms with Crippen LogP contribution in [0.5, 0.6) is 5.75 Å². The molecule has 2 aliphatic heterocycles. The van der Waals surface area contributed by atoms with Crippen molar-refractivity contribution in [3.63, 3.8) is 0 Å². The molecule has 19 heteroatoms. The van der Waals surface area contributed by atoms with Gasteiger partial charge in [0.2, 0.25) is 11.8 Å². The summed E-state index contributed by atoms with van der Waals surface area (Å²) in [6.45, 7) is 9.51. The van der Waals surface area contributed by atoms with Gasteiger partial charge >= 0.3 is 12.5 Å². The van der Waals surface area contributed by atoms with Crippen LogP contribution in [-0.2, 0) is 19.1 Å². The summed E-state index contributed by atoms with van der Waals surface area (Å²) < 4.78 is 71.4. The molecule has 4 heterocycles. The number of hydrogen-bond donors (Lipinski definition) is 5. The van der Waals surface area contributed by atoms with Crippen molar-refractivity contribution in [1.29, 1.82) is 0 Å². The van der Waals surface area contributed by atoms with Gasteiger partial charge in [0.15, 0.2) is 11.6 Å². The number of imidazole rings is 1. The van der Waals surface area contributed by atoms with E-state index in [0.29, 0.717) is 75.0 Å². The summed E-state index contributed by atoms with van der Waals surface area (Å²) >= 11 is 0. The number of hydrogen-bond acceptors (Lipinski definition) is 10. The number of anilines is 2. The summed E-state index contributed by atoms with van der Waals surface area (Å²) in [6, 6.07) is 10.2. The molecule has 2 saturated heterocycles. The molecule has 2 fully saturated rings. The van der Waals surface area contributed by atoms with E-state index in [1.165, 1.54) is 43.6 Å². The van der Waals surface area contributed by atoms with Crippen molar-refractivity contribution in [2.75, 3.05) is 50.6 Å². The van der Waals surface area contributed by atoms with E-state index < -0.39 is 53.0 Å². The maximum absolute atomic E-state index is 15.9. The molecule has 0 radical (unpaired) electrons. The molecular weight excluding hydrogens is 817 g/mol. The summed E-state index contributed by atoms with van der Waals surface area (Å²) in [7, 11) is 1.24. The third-order valence-corrected chi connectivity index (χ3v) is 10.7.